The van der Waals surface area contributed by atoms with Gasteiger partial charge in [0.1, 0.15) is 0 Å². The van der Waals surface area contributed by atoms with Crippen LogP contribution >= 0.6 is 0 Å². The Morgan fingerprint density at radius 2 is 2.10 bits per heavy atom. The summed E-state index contributed by atoms with van der Waals surface area (Å²) in [4.78, 5) is 11.9. The van der Waals surface area contributed by atoms with Crippen molar-refractivity contribution in [2.75, 3.05) is 6.54 Å². The van der Waals surface area contributed by atoms with Crippen molar-refractivity contribution in [3.8, 4) is 0 Å². The first kappa shape index (κ1) is 13.2. The van der Waals surface area contributed by atoms with Crippen molar-refractivity contribution >= 4 is 16.8 Å². The standard InChI is InChI=1S/C17H22N2O/c1-12-14(10-11-18-17(20)13-6-5-7-13)15-8-3-4-9-16(15)19(12)2/h3-4,8-9,13H,5-7,10-11H2,1-2H3,(H,18,20). The lowest BCUT2D eigenvalue weighted by Gasteiger charge is -2.24. The van der Waals surface area contributed by atoms with E-state index in [-0.39, 0.29) is 11.8 Å². The van der Waals surface area contributed by atoms with Gasteiger partial charge in [-0.15, -0.1) is 0 Å². The molecule has 1 aliphatic rings. The number of fused-ring (bicyclic) bond motifs is 1. The van der Waals surface area contributed by atoms with Crippen LogP contribution in [0.5, 0.6) is 0 Å². The minimum atomic E-state index is 0.245. The Balaban J connectivity index is 1.71. The predicted molar refractivity (Wildman–Crippen MR) is 81.7 cm³/mol. The number of aryl methyl sites for hydroxylation is 1. The molecule has 1 aliphatic carbocycles. The van der Waals surface area contributed by atoms with Gasteiger partial charge >= 0.3 is 0 Å². The highest BCUT2D eigenvalue weighted by atomic mass is 16.1. The lowest BCUT2D eigenvalue weighted by Crippen LogP contribution is -2.35. The maximum atomic E-state index is 11.9. The van der Waals surface area contributed by atoms with Crippen molar-refractivity contribution in [3.05, 3.63) is 35.5 Å². The molecule has 1 fully saturated rings. The van der Waals surface area contributed by atoms with E-state index in [0.717, 1.165) is 25.8 Å². The van der Waals surface area contributed by atoms with Crippen LogP contribution in [0.4, 0.5) is 0 Å². The number of nitrogens with zero attached hydrogens (tertiary/aromatic N) is 1. The lowest BCUT2D eigenvalue weighted by atomic mass is 9.85. The van der Waals surface area contributed by atoms with Crippen LogP contribution in [-0.2, 0) is 18.3 Å². The Labute approximate surface area is 120 Å². The molecule has 0 radical (unpaired) electrons. The van der Waals surface area contributed by atoms with Gasteiger partial charge < -0.3 is 9.88 Å². The second kappa shape index (κ2) is 5.31. The minimum Gasteiger partial charge on any atom is -0.356 e. The van der Waals surface area contributed by atoms with Crippen molar-refractivity contribution in [3.63, 3.8) is 0 Å². The van der Waals surface area contributed by atoms with E-state index < -0.39 is 0 Å². The molecular formula is C17H22N2O. The van der Waals surface area contributed by atoms with Gasteiger partial charge in [-0.05, 0) is 37.8 Å². The van der Waals surface area contributed by atoms with Crippen LogP contribution in [-0.4, -0.2) is 17.0 Å². The molecule has 0 spiro atoms. The van der Waals surface area contributed by atoms with Gasteiger partial charge in [-0.3, -0.25) is 4.79 Å². The molecule has 1 aromatic heterocycles. The molecule has 2 aromatic rings. The summed E-state index contributed by atoms with van der Waals surface area (Å²) in [6, 6.07) is 8.48. The summed E-state index contributed by atoms with van der Waals surface area (Å²) in [5.74, 6) is 0.526. The molecule has 0 atom stereocenters. The molecule has 20 heavy (non-hydrogen) atoms. The molecular weight excluding hydrogens is 248 g/mol. The number of rotatable bonds is 4. The largest absolute Gasteiger partial charge is 0.356 e. The fourth-order valence-corrected chi connectivity index (χ4v) is 3.04. The van der Waals surface area contributed by atoms with Crippen LogP contribution < -0.4 is 5.32 Å². The Morgan fingerprint density at radius 3 is 2.80 bits per heavy atom. The van der Waals surface area contributed by atoms with Crippen LogP contribution in [0.1, 0.15) is 30.5 Å². The first-order valence-electron chi connectivity index (χ1n) is 7.49. The molecule has 1 saturated carbocycles. The van der Waals surface area contributed by atoms with Crippen molar-refractivity contribution in [2.24, 2.45) is 13.0 Å². The zero-order valence-electron chi connectivity index (χ0n) is 12.3. The smallest absolute Gasteiger partial charge is 0.223 e. The predicted octanol–water partition coefficient (Wildman–Crippen LogP) is 2.95. The highest BCUT2D eigenvalue weighted by molar-refractivity contribution is 5.85. The number of amides is 1. The van der Waals surface area contributed by atoms with Gasteiger partial charge in [0.15, 0.2) is 0 Å². The summed E-state index contributed by atoms with van der Waals surface area (Å²) < 4.78 is 2.23. The third-order valence-corrected chi connectivity index (χ3v) is 4.68. The van der Waals surface area contributed by atoms with Gasteiger partial charge in [-0.25, -0.2) is 0 Å². The molecule has 1 aromatic carbocycles. The van der Waals surface area contributed by atoms with Gasteiger partial charge in [0.2, 0.25) is 5.91 Å². The number of aromatic nitrogens is 1. The number of carbonyl (C=O) groups excluding carboxylic acids is 1. The van der Waals surface area contributed by atoms with Gasteiger partial charge in [0.05, 0.1) is 0 Å². The Morgan fingerprint density at radius 1 is 1.35 bits per heavy atom. The SMILES string of the molecule is Cc1c(CCNC(=O)C2CCC2)c2ccccc2n1C. The van der Waals surface area contributed by atoms with E-state index in [1.807, 2.05) is 0 Å². The van der Waals surface area contributed by atoms with E-state index in [0.29, 0.717) is 0 Å². The average molecular weight is 270 g/mol. The van der Waals surface area contributed by atoms with E-state index in [9.17, 15) is 4.79 Å². The van der Waals surface area contributed by atoms with Crippen molar-refractivity contribution in [1.29, 1.82) is 0 Å². The van der Waals surface area contributed by atoms with E-state index >= 15 is 0 Å². The molecule has 1 amide bonds. The van der Waals surface area contributed by atoms with Gasteiger partial charge in [0.25, 0.3) is 0 Å². The Bertz CT molecular complexity index is 638. The third kappa shape index (κ3) is 2.21. The van der Waals surface area contributed by atoms with Crippen molar-refractivity contribution in [1.82, 2.24) is 9.88 Å². The van der Waals surface area contributed by atoms with Crippen LogP contribution in [0.25, 0.3) is 10.9 Å². The molecule has 0 bridgehead atoms. The van der Waals surface area contributed by atoms with Crippen molar-refractivity contribution < 1.29 is 4.79 Å². The van der Waals surface area contributed by atoms with Crippen molar-refractivity contribution in [2.45, 2.75) is 32.6 Å². The number of nitrogens with one attached hydrogen (secondary N) is 1. The van der Waals surface area contributed by atoms with E-state index in [1.165, 1.54) is 28.6 Å². The van der Waals surface area contributed by atoms with Gasteiger partial charge in [-0.2, -0.15) is 0 Å². The monoisotopic (exact) mass is 270 g/mol. The number of hydrogen-bond donors (Lipinski definition) is 1. The highest BCUT2D eigenvalue weighted by Gasteiger charge is 2.24. The molecule has 1 heterocycles. The van der Waals surface area contributed by atoms with E-state index in [4.69, 9.17) is 0 Å². The van der Waals surface area contributed by atoms with Gasteiger partial charge in [-0.1, -0.05) is 24.6 Å². The average Bonchev–Trinajstić information content (AvgIpc) is 2.62. The molecule has 3 nitrogen and oxygen atoms in total. The molecule has 3 heteroatoms. The van der Waals surface area contributed by atoms with Crippen LogP contribution in [0.2, 0.25) is 0 Å². The number of hydrogen-bond acceptors (Lipinski definition) is 1. The normalized spacial score (nSPS) is 15.3. The Hall–Kier alpha value is -1.77. The van der Waals surface area contributed by atoms with Gasteiger partial charge in [0, 0.05) is 36.1 Å². The zero-order valence-corrected chi connectivity index (χ0v) is 12.3. The first-order chi connectivity index (χ1) is 9.68. The molecule has 0 unspecified atom stereocenters. The number of benzene rings is 1. The topological polar surface area (TPSA) is 34.0 Å². The molecule has 1 N–H and O–H groups in total. The maximum Gasteiger partial charge on any atom is 0.223 e. The first-order valence-corrected chi connectivity index (χ1v) is 7.49. The molecule has 0 saturated heterocycles. The summed E-state index contributed by atoms with van der Waals surface area (Å²) in [7, 11) is 2.11. The quantitative estimate of drug-likeness (QED) is 0.910. The minimum absolute atomic E-state index is 0.245. The third-order valence-electron chi connectivity index (χ3n) is 4.68. The van der Waals surface area contributed by atoms with Crippen LogP contribution in [0, 0.1) is 12.8 Å². The summed E-state index contributed by atoms with van der Waals surface area (Å²) in [6.07, 6.45) is 4.25. The zero-order chi connectivity index (χ0) is 14.1. The second-order valence-corrected chi connectivity index (χ2v) is 5.81. The maximum absolute atomic E-state index is 11.9. The van der Waals surface area contributed by atoms with Crippen LogP contribution in [0.15, 0.2) is 24.3 Å². The second-order valence-electron chi connectivity index (χ2n) is 5.81. The molecule has 106 valence electrons. The van der Waals surface area contributed by atoms with E-state index in [2.05, 4.69) is 48.1 Å². The fourth-order valence-electron chi connectivity index (χ4n) is 3.04. The molecule has 3 rings (SSSR count). The number of carbonyl (C=O) groups is 1. The Kier molecular flexibility index (Phi) is 3.51. The highest BCUT2D eigenvalue weighted by Crippen LogP contribution is 2.27. The fraction of sp³-hybridized carbons (Fsp3) is 0.471. The number of para-hydroxylation sites is 1. The van der Waals surface area contributed by atoms with Crippen LogP contribution in [0.3, 0.4) is 0 Å². The summed E-state index contributed by atoms with van der Waals surface area (Å²) in [5, 5.41) is 4.40. The summed E-state index contributed by atoms with van der Waals surface area (Å²) >= 11 is 0. The molecule has 0 aliphatic heterocycles. The van der Waals surface area contributed by atoms with E-state index in [1.54, 1.807) is 0 Å². The lowest BCUT2D eigenvalue weighted by molar-refractivity contribution is -0.127. The summed E-state index contributed by atoms with van der Waals surface area (Å²) in [6.45, 7) is 2.90. The summed E-state index contributed by atoms with van der Waals surface area (Å²) in [5.41, 5.74) is 3.92.